The first-order valence-corrected chi connectivity index (χ1v) is 12.1. The summed E-state index contributed by atoms with van der Waals surface area (Å²) in [6.45, 7) is 7.49. The molecule has 192 valence electrons. The Labute approximate surface area is 210 Å². The fourth-order valence-corrected chi connectivity index (χ4v) is 4.64. The number of amides is 1. The molecule has 2 aliphatic heterocycles. The van der Waals surface area contributed by atoms with E-state index in [9.17, 15) is 9.18 Å². The fourth-order valence-electron chi connectivity index (χ4n) is 4.64. The molecule has 0 aliphatic carbocycles. The van der Waals surface area contributed by atoms with Crippen LogP contribution in [-0.2, 0) is 15.9 Å². The summed E-state index contributed by atoms with van der Waals surface area (Å²) in [5.74, 6) is 0.518. The maximum atomic E-state index is 14.5. The van der Waals surface area contributed by atoms with Crippen molar-refractivity contribution in [2.75, 3.05) is 38.7 Å². The minimum atomic E-state index is -0.577. The van der Waals surface area contributed by atoms with Gasteiger partial charge in [-0.3, -0.25) is 0 Å². The maximum Gasteiger partial charge on any atom is 0.410 e. The van der Waals surface area contributed by atoms with E-state index in [1.807, 2.05) is 26.8 Å². The molecule has 10 heteroatoms. The number of benzene rings is 1. The SMILES string of the molecule is CCc1cnc(Nc2ccc(C#N)cc2F)c(OC)c1OC1C2COCC1CN(C(=O)OC(C)C)C2. The molecular weight excluding hydrogens is 467 g/mol. The van der Waals surface area contributed by atoms with E-state index in [2.05, 4.69) is 10.3 Å². The van der Waals surface area contributed by atoms with Crippen molar-refractivity contribution < 1.29 is 28.1 Å². The van der Waals surface area contributed by atoms with E-state index in [4.69, 9.17) is 24.2 Å². The highest BCUT2D eigenvalue weighted by Crippen LogP contribution is 2.42. The van der Waals surface area contributed by atoms with Crippen molar-refractivity contribution in [3.05, 3.63) is 41.3 Å². The van der Waals surface area contributed by atoms with Crippen LogP contribution in [0.4, 0.5) is 20.7 Å². The summed E-state index contributed by atoms with van der Waals surface area (Å²) in [6, 6.07) is 6.08. The minimum Gasteiger partial charge on any atom is -0.490 e. The standard InChI is InChI=1S/C26H31FN4O5/c1-5-17-10-29-25(30-21-7-6-16(9-28)8-20(21)27)24(33-4)23(17)36-22-18-11-31(26(32)35-15(2)3)12-19(22)14-34-13-18/h6-8,10,15,18-19,22H,5,11-14H2,1-4H3,(H,29,30). The van der Waals surface area contributed by atoms with Crippen LogP contribution in [0.3, 0.4) is 0 Å². The molecule has 1 aromatic heterocycles. The summed E-state index contributed by atoms with van der Waals surface area (Å²) >= 11 is 0. The van der Waals surface area contributed by atoms with Crippen molar-refractivity contribution in [2.24, 2.45) is 11.8 Å². The molecule has 0 saturated carbocycles. The van der Waals surface area contributed by atoms with Crippen LogP contribution in [-0.4, -0.2) is 61.6 Å². The van der Waals surface area contributed by atoms with Crippen molar-refractivity contribution in [1.82, 2.24) is 9.88 Å². The van der Waals surface area contributed by atoms with E-state index in [-0.39, 0.29) is 41.4 Å². The summed E-state index contributed by atoms with van der Waals surface area (Å²) < 4.78 is 38.0. The van der Waals surface area contributed by atoms with Crippen LogP contribution in [0.15, 0.2) is 24.4 Å². The van der Waals surface area contributed by atoms with Crippen LogP contribution >= 0.6 is 0 Å². The topological polar surface area (TPSA) is 106 Å². The zero-order chi connectivity index (χ0) is 25.8. The quantitative estimate of drug-likeness (QED) is 0.603. The third-order valence-corrected chi connectivity index (χ3v) is 6.35. The molecule has 2 atom stereocenters. The number of hydrogen-bond donors (Lipinski definition) is 1. The predicted molar refractivity (Wildman–Crippen MR) is 130 cm³/mol. The van der Waals surface area contributed by atoms with Gasteiger partial charge in [0.2, 0.25) is 5.75 Å². The van der Waals surface area contributed by atoms with Crippen molar-refractivity contribution in [3.8, 4) is 17.6 Å². The molecule has 2 fully saturated rings. The van der Waals surface area contributed by atoms with Gasteiger partial charge in [-0.1, -0.05) is 6.92 Å². The number of anilines is 2. The highest BCUT2D eigenvalue weighted by molar-refractivity contribution is 5.69. The molecule has 9 nitrogen and oxygen atoms in total. The Morgan fingerprint density at radius 2 is 2.03 bits per heavy atom. The van der Waals surface area contributed by atoms with E-state index >= 15 is 0 Å². The van der Waals surface area contributed by atoms with Gasteiger partial charge in [-0.2, -0.15) is 5.26 Å². The van der Waals surface area contributed by atoms with Gasteiger partial charge in [-0.25, -0.2) is 14.2 Å². The van der Waals surface area contributed by atoms with Gasteiger partial charge in [0.15, 0.2) is 11.6 Å². The molecule has 4 rings (SSSR count). The third-order valence-electron chi connectivity index (χ3n) is 6.35. The number of nitrogens with one attached hydrogen (secondary N) is 1. The number of aromatic nitrogens is 1. The molecule has 0 spiro atoms. The number of pyridine rings is 1. The smallest absolute Gasteiger partial charge is 0.410 e. The third kappa shape index (κ3) is 5.31. The van der Waals surface area contributed by atoms with Crippen LogP contribution < -0.4 is 14.8 Å². The van der Waals surface area contributed by atoms with Crippen molar-refractivity contribution in [1.29, 1.82) is 5.26 Å². The zero-order valence-corrected chi connectivity index (χ0v) is 20.9. The first-order chi connectivity index (χ1) is 17.3. The van der Waals surface area contributed by atoms with Gasteiger partial charge in [0.1, 0.15) is 11.9 Å². The second-order valence-corrected chi connectivity index (χ2v) is 9.26. The highest BCUT2D eigenvalue weighted by Gasteiger charge is 2.44. The molecule has 1 N–H and O–H groups in total. The summed E-state index contributed by atoms with van der Waals surface area (Å²) in [4.78, 5) is 18.7. The second-order valence-electron chi connectivity index (χ2n) is 9.26. The van der Waals surface area contributed by atoms with Gasteiger partial charge in [0, 0.05) is 36.7 Å². The van der Waals surface area contributed by atoms with Crippen molar-refractivity contribution in [2.45, 2.75) is 39.4 Å². The Morgan fingerprint density at radius 3 is 2.61 bits per heavy atom. The number of carbonyl (C=O) groups is 1. The fraction of sp³-hybridized carbons (Fsp3) is 0.500. The summed E-state index contributed by atoms with van der Waals surface area (Å²) in [6.07, 6.45) is 1.61. The number of methoxy groups -OCH3 is 1. The Hall–Kier alpha value is -3.58. The van der Waals surface area contributed by atoms with Gasteiger partial charge in [-0.05, 0) is 38.5 Å². The molecule has 2 saturated heterocycles. The second kappa shape index (κ2) is 11.0. The molecule has 1 amide bonds. The monoisotopic (exact) mass is 498 g/mol. The number of carbonyl (C=O) groups excluding carboxylic acids is 1. The lowest BCUT2D eigenvalue weighted by molar-refractivity contribution is -0.110. The number of fused-ring (bicyclic) bond motifs is 2. The average Bonchev–Trinajstić information content (AvgIpc) is 2.84. The molecule has 2 aromatic rings. The Kier molecular flexibility index (Phi) is 7.79. The molecule has 0 radical (unpaired) electrons. The highest BCUT2D eigenvalue weighted by atomic mass is 19.1. The van der Waals surface area contributed by atoms with Crippen LogP contribution in [0.2, 0.25) is 0 Å². The van der Waals surface area contributed by atoms with E-state index < -0.39 is 5.82 Å². The lowest BCUT2D eigenvalue weighted by Crippen LogP contribution is -2.58. The lowest BCUT2D eigenvalue weighted by atomic mass is 9.84. The summed E-state index contributed by atoms with van der Waals surface area (Å²) in [5, 5.41) is 12.0. The minimum absolute atomic E-state index is 0.0489. The van der Waals surface area contributed by atoms with E-state index in [0.29, 0.717) is 50.0 Å². The number of piperidine rings is 1. The lowest BCUT2D eigenvalue weighted by Gasteiger charge is -2.46. The predicted octanol–water partition coefficient (Wildman–Crippen LogP) is 4.28. The number of hydrogen-bond acceptors (Lipinski definition) is 8. The van der Waals surface area contributed by atoms with Crippen LogP contribution in [0, 0.1) is 29.0 Å². The summed E-state index contributed by atoms with van der Waals surface area (Å²) in [5.41, 5.74) is 1.23. The molecule has 36 heavy (non-hydrogen) atoms. The number of nitrogens with zero attached hydrogens (tertiary/aromatic N) is 3. The van der Waals surface area contributed by atoms with Crippen LogP contribution in [0.1, 0.15) is 31.9 Å². The van der Waals surface area contributed by atoms with Gasteiger partial charge in [0.25, 0.3) is 0 Å². The number of rotatable bonds is 7. The molecule has 3 heterocycles. The molecular formula is C26H31FN4O5. The van der Waals surface area contributed by atoms with E-state index in [0.717, 1.165) is 11.6 Å². The number of halogens is 1. The van der Waals surface area contributed by atoms with Gasteiger partial charge in [-0.15, -0.1) is 0 Å². The largest absolute Gasteiger partial charge is 0.490 e. The Balaban J connectivity index is 1.61. The van der Waals surface area contributed by atoms with Crippen LogP contribution in [0.25, 0.3) is 0 Å². The Bertz CT molecular complexity index is 1140. The van der Waals surface area contributed by atoms with Crippen molar-refractivity contribution >= 4 is 17.6 Å². The van der Waals surface area contributed by atoms with Crippen LogP contribution in [0.5, 0.6) is 11.5 Å². The number of ether oxygens (including phenoxy) is 4. The average molecular weight is 499 g/mol. The molecule has 1 aromatic carbocycles. The van der Waals surface area contributed by atoms with E-state index in [1.54, 1.807) is 11.1 Å². The zero-order valence-electron chi connectivity index (χ0n) is 20.9. The number of nitriles is 1. The van der Waals surface area contributed by atoms with Gasteiger partial charge < -0.3 is 29.2 Å². The first-order valence-electron chi connectivity index (χ1n) is 12.1. The Morgan fingerprint density at radius 1 is 1.31 bits per heavy atom. The number of aryl methyl sites for hydroxylation is 1. The maximum absolute atomic E-state index is 14.5. The van der Waals surface area contributed by atoms with Gasteiger partial charge >= 0.3 is 6.09 Å². The first kappa shape index (κ1) is 25.5. The molecule has 2 aliphatic rings. The molecule has 2 bridgehead atoms. The normalized spacial score (nSPS) is 21.0. The van der Waals surface area contributed by atoms with Gasteiger partial charge in [0.05, 0.1) is 43.7 Å². The number of likely N-dealkylation sites (tertiary alicyclic amines) is 1. The molecule has 2 unspecified atom stereocenters. The van der Waals surface area contributed by atoms with Crippen molar-refractivity contribution in [3.63, 3.8) is 0 Å². The van der Waals surface area contributed by atoms with E-state index in [1.165, 1.54) is 19.2 Å². The summed E-state index contributed by atoms with van der Waals surface area (Å²) in [7, 11) is 1.51.